The van der Waals surface area contributed by atoms with E-state index in [2.05, 4.69) is 15.2 Å². The number of halogens is 6. The standard InChI is InChI=1S/C23H27F6N3OS/c1-3-10-32(13-15-7-8-15)11-9-18-31-20(23(27,28)29)19(34-18)21(33)30-14(2)16-5-4-6-17(12-16)22(24,25)26/h4-6,12,14-15H,3,7-11,13H2,1-2H3,(H,30,33). The zero-order chi connectivity index (χ0) is 25.1. The molecule has 4 nitrogen and oxygen atoms in total. The highest BCUT2D eigenvalue weighted by atomic mass is 32.1. The zero-order valence-electron chi connectivity index (χ0n) is 18.9. The Kier molecular flexibility index (Phi) is 8.28. The van der Waals surface area contributed by atoms with Gasteiger partial charge in [0.2, 0.25) is 0 Å². The Morgan fingerprint density at radius 3 is 2.47 bits per heavy atom. The second kappa shape index (κ2) is 10.6. The Bertz CT molecular complexity index is 984. The summed E-state index contributed by atoms with van der Waals surface area (Å²) in [6.07, 6.45) is -5.83. The van der Waals surface area contributed by atoms with Crippen LogP contribution in [0.15, 0.2) is 24.3 Å². The molecule has 1 aliphatic carbocycles. The van der Waals surface area contributed by atoms with E-state index >= 15 is 0 Å². The Morgan fingerprint density at radius 2 is 1.88 bits per heavy atom. The number of rotatable bonds is 10. The smallest absolute Gasteiger partial charge is 0.345 e. The highest BCUT2D eigenvalue weighted by Gasteiger charge is 2.40. The normalized spacial score (nSPS) is 15.6. The molecule has 0 spiro atoms. The molecule has 1 unspecified atom stereocenters. The lowest BCUT2D eigenvalue weighted by molar-refractivity contribution is -0.141. The minimum absolute atomic E-state index is 0.136. The molecule has 0 saturated heterocycles. The predicted octanol–water partition coefficient (Wildman–Crippen LogP) is 6.34. The third kappa shape index (κ3) is 7.18. The van der Waals surface area contributed by atoms with Crippen molar-refractivity contribution in [1.82, 2.24) is 15.2 Å². The van der Waals surface area contributed by atoms with Gasteiger partial charge >= 0.3 is 12.4 Å². The molecule has 1 saturated carbocycles. The van der Waals surface area contributed by atoms with Gasteiger partial charge in [-0.1, -0.05) is 19.1 Å². The van der Waals surface area contributed by atoms with E-state index in [0.717, 1.165) is 31.6 Å². The van der Waals surface area contributed by atoms with Gasteiger partial charge in [0, 0.05) is 19.5 Å². The van der Waals surface area contributed by atoms with Crippen molar-refractivity contribution in [2.75, 3.05) is 19.6 Å². The number of nitrogens with zero attached hydrogens (tertiary/aromatic N) is 2. The summed E-state index contributed by atoms with van der Waals surface area (Å²) < 4.78 is 79.7. The van der Waals surface area contributed by atoms with E-state index in [-0.39, 0.29) is 17.0 Å². The second-order valence-corrected chi connectivity index (χ2v) is 9.68. The summed E-state index contributed by atoms with van der Waals surface area (Å²) >= 11 is 0.684. The molecule has 1 aromatic heterocycles. The maximum absolute atomic E-state index is 13.6. The monoisotopic (exact) mass is 507 g/mol. The lowest BCUT2D eigenvalue weighted by Crippen LogP contribution is -2.29. The highest BCUT2D eigenvalue weighted by Crippen LogP contribution is 2.36. The number of nitrogens with one attached hydrogen (secondary N) is 1. The van der Waals surface area contributed by atoms with E-state index in [1.54, 1.807) is 0 Å². The lowest BCUT2D eigenvalue weighted by atomic mass is 10.0. The lowest BCUT2D eigenvalue weighted by Gasteiger charge is -2.20. The van der Waals surface area contributed by atoms with Gasteiger partial charge in [-0.3, -0.25) is 4.79 Å². The number of hydrogen-bond acceptors (Lipinski definition) is 4. The summed E-state index contributed by atoms with van der Waals surface area (Å²) in [5, 5.41) is 2.60. The van der Waals surface area contributed by atoms with Crippen molar-refractivity contribution >= 4 is 17.2 Å². The van der Waals surface area contributed by atoms with Gasteiger partial charge in [0.15, 0.2) is 5.69 Å². The van der Waals surface area contributed by atoms with Crippen LogP contribution in [-0.2, 0) is 18.8 Å². The zero-order valence-corrected chi connectivity index (χ0v) is 19.7. The molecule has 0 bridgehead atoms. The van der Waals surface area contributed by atoms with Crippen molar-refractivity contribution in [1.29, 1.82) is 0 Å². The Labute approximate surface area is 198 Å². The van der Waals surface area contributed by atoms with Crippen molar-refractivity contribution in [2.45, 2.75) is 57.9 Å². The molecule has 0 radical (unpaired) electrons. The summed E-state index contributed by atoms with van der Waals surface area (Å²) in [4.78, 5) is 18.1. The molecule has 0 aliphatic heterocycles. The largest absolute Gasteiger partial charge is 0.435 e. The number of aromatic nitrogens is 1. The first kappa shape index (κ1) is 26.5. The molecule has 1 aromatic carbocycles. The van der Waals surface area contributed by atoms with E-state index in [1.165, 1.54) is 31.9 Å². The van der Waals surface area contributed by atoms with Gasteiger partial charge in [0.05, 0.1) is 16.6 Å². The highest BCUT2D eigenvalue weighted by molar-refractivity contribution is 7.13. The summed E-state index contributed by atoms with van der Waals surface area (Å²) in [7, 11) is 0. The van der Waals surface area contributed by atoms with Crippen LogP contribution in [0.5, 0.6) is 0 Å². The SMILES string of the molecule is CCCN(CCc1nc(C(F)(F)F)c(C(=O)NC(C)c2cccc(C(F)(F)F)c2)s1)CC1CC1. The number of alkyl halides is 6. The van der Waals surface area contributed by atoms with Crippen LogP contribution >= 0.6 is 11.3 Å². The van der Waals surface area contributed by atoms with Crippen molar-refractivity contribution in [3.63, 3.8) is 0 Å². The van der Waals surface area contributed by atoms with E-state index in [0.29, 0.717) is 23.8 Å². The molecule has 11 heteroatoms. The summed E-state index contributed by atoms with van der Waals surface area (Å²) in [5.41, 5.74) is -2.02. The van der Waals surface area contributed by atoms with Crippen LogP contribution in [0.1, 0.15) is 70.7 Å². The first-order chi connectivity index (χ1) is 15.9. The van der Waals surface area contributed by atoms with Gasteiger partial charge in [-0.05, 0) is 56.3 Å². The number of benzene rings is 1. The third-order valence-corrected chi connectivity index (χ3v) is 6.72. The molecule has 1 aliphatic rings. The fourth-order valence-electron chi connectivity index (χ4n) is 3.68. The van der Waals surface area contributed by atoms with Crippen LogP contribution in [0.25, 0.3) is 0 Å². The molecule has 1 fully saturated rings. The van der Waals surface area contributed by atoms with Crippen LogP contribution in [-0.4, -0.2) is 35.4 Å². The number of carbonyl (C=O) groups is 1. The Hall–Kier alpha value is -2.14. The Morgan fingerprint density at radius 1 is 1.18 bits per heavy atom. The molecule has 1 N–H and O–H groups in total. The average molecular weight is 508 g/mol. The molecule has 2 aromatic rings. The number of amides is 1. The van der Waals surface area contributed by atoms with Crippen LogP contribution in [0.4, 0.5) is 26.3 Å². The number of hydrogen-bond donors (Lipinski definition) is 1. The maximum Gasteiger partial charge on any atom is 0.435 e. The summed E-state index contributed by atoms with van der Waals surface area (Å²) in [6.45, 7) is 5.77. The minimum Gasteiger partial charge on any atom is -0.345 e. The van der Waals surface area contributed by atoms with Gasteiger partial charge in [-0.15, -0.1) is 11.3 Å². The molecular formula is C23H27F6N3OS. The fraction of sp³-hybridized carbons (Fsp3) is 0.565. The molecule has 1 atom stereocenters. The number of thiazole rings is 1. The molecule has 1 amide bonds. The van der Waals surface area contributed by atoms with E-state index in [1.807, 2.05) is 6.92 Å². The quantitative estimate of drug-likeness (QED) is 0.382. The topological polar surface area (TPSA) is 45.2 Å². The van der Waals surface area contributed by atoms with E-state index in [4.69, 9.17) is 0 Å². The molecule has 3 rings (SSSR count). The van der Waals surface area contributed by atoms with Gasteiger partial charge in [0.1, 0.15) is 4.88 Å². The van der Waals surface area contributed by atoms with Crippen LogP contribution in [0.2, 0.25) is 0 Å². The van der Waals surface area contributed by atoms with E-state index < -0.39 is 40.4 Å². The van der Waals surface area contributed by atoms with Gasteiger partial charge in [-0.2, -0.15) is 26.3 Å². The van der Waals surface area contributed by atoms with Crippen molar-refractivity contribution in [3.8, 4) is 0 Å². The molecule has 1 heterocycles. The molecule has 188 valence electrons. The number of carbonyl (C=O) groups excluding carboxylic acids is 1. The van der Waals surface area contributed by atoms with Crippen LogP contribution in [0.3, 0.4) is 0 Å². The first-order valence-corrected chi connectivity index (χ1v) is 12.0. The second-order valence-electron chi connectivity index (χ2n) is 8.60. The first-order valence-electron chi connectivity index (χ1n) is 11.2. The Balaban J connectivity index is 1.74. The van der Waals surface area contributed by atoms with Crippen molar-refractivity contribution in [2.24, 2.45) is 5.92 Å². The molecule has 34 heavy (non-hydrogen) atoms. The fourth-order valence-corrected chi connectivity index (χ4v) is 4.65. The average Bonchev–Trinajstić information content (AvgIpc) is 3.45. The summed E-state index contributed by atoms with van der Waals surface area (Å²) in [5.74, 6) is -0.364. The molecular weight excluding hydrogens is 480 g/mol. The van der Waals surface area contributed by atoms with E-state index in [9.17, 15) is 31.1 Å². The van der Waals surface area contributed by atoms with Gasteiger partial charge < -0.3 is 10.2 Å². The van der Waals surface area contributed by atoms with Crippen LogP contribution in [0, 0.1) is 5.92 Å². The minimum atomic E-state index is -4.82. The van der Waals surface area contributed by atoms with Gasteiger partial charge in [-0.25, -0.2) is 4.98 Å². The maximum atomic E-state index is 13.6. The van der Waals surface area contributed by atoms with Crippen molar-refractivity contribution < 1.29 is 31.1 Å². The van der Waals surface area contributed by atoms with Crippen molar-refractivity contribution in [3.05, 3.63) is 51.0 Å². The van der Waals surface area contributed by atoms with Crippen LogP contribution < -0.4 is 5.32 Å². The van der Waals surface area contributed by atoms with Gasteiger partial charge in [0.25, 0.3) is 5.91 Å². The predicted molar refractivity (Wildman–Crippen MR) is 118 cm³/mol. The summed E-state index contributed by atoms with van der Waals surface area (Å²) in [6, 6.07) is 3.40. The third-order valence-electron chi connectivity index (χ3n) is 5.60.